The Hall–Kier alpha value is -3.10. The number of likely N-dealkylation sites (N-methyl/N-ethyl adjacent to an activating group) is 1. The van der Waals surface area contributed by atoms with E-state index in [1.54, 1.807) is 24.3 Å². The molecule has 0 bridgehead atoms. The van der Waals surface area contributed by atoms with Crippen molar-refractivity contribution < 1.29 is 24.3 Å². The van der Waals surface area contributed by atoms with Crippen molar-refractivity contribution in [2.75, 3.05) is 56.9 Å². The molecule has 1 fully saturated rings. The minimum atomic E-state index is -0.178. The fourth-order valence-electron chi connectivity index (χ4n) is 3.73. The zero-order valence-electron chi connectivity index (χ0n) is 18.3. The van der Waals surface area contributed by atoms with Crippen LogP contribution in [0.2, 0.25) is 0 Å². The fourth-order valence-corrected chi connectivity index (χ4v) is 3.73. The Morgan fingerprint density at radius 2 is 1.39 bits per heavy atom. The van der Waals surface area contributed by atoms with Gasteiger partial charge in [0.05, 0.1) is 38.1 Å². The van der Waals surface area contributed by atoms with Gasteiger partial charge in [0.2, 0.25) is 5.91 Å². The summed E-state index contributed by atoms with van der Waals surface area (Å²) >= 11 is 0. The van der Waals surface area contributed by atoms with Crippen LogP contribution in [0.4, 0.5) is 11.4 Å². The number of benzene rings is 2. The third kappa shape index (κ3) is 6.19. The van der Waals surface area contributed by atoms with E-state index >= 15 is 0 Å². The number of rotatable bonds is 6. The number of aryl methyl sites for hydroxylation is 2. The molecular formula is C23H31N4O4+. The number of amides is 2. The summed E-state index contributed by atoms with van der Waals surface area (Å²) in [5, 5.41) is 25.5. The van der Waals surface area contributed by atoms with Crippen molar-refractivity contribution in [1.82, 2.24) is 4.90 Å². The first-order valence-corrected chi connectivity index (χ1v) is 10.4. The second-order valence-electron chi connectivity index (χ2n) is 8.64. The summed E-state index contributed by atoms with van der Waals surface area (Å²) in [6, 6.07) is 10.3. The second-order valence-corrected chi connectivity index (χ2v) is 8.64. The van der Waals surface area contributed by atoms with E-state index in [9.17, 15) is 19.8 Å². The van der Waals surface area contributed by atoms with E-state index in [0.717, 1.165) is 24.2 Å². The molecule has 1 aliphatic rings. The molecule has 8 nitrogen and oxygen atoms in total. The van der Waals surface area contributed by atoms with Crippen LogP contribution in [0, 0.1) is 13.8 Å². The van der Waals surface area contributed by atoms with Gasteiger partial charge in [-0.15, -0.1) is 0 Å². The smallest absolute Gasteiger partial charge is 0.279 e. The van der Waals surface area contributed by atoms with E-state index in [-0.39, 0.29) is 29.9 Å². The molecule has 8 heteroatoms. The minimum absolute atomic E-state index is 0.0573. The topological polar surface area (TPSA) is 102 Å². The summed E-state index contributed by atoms with van der Waals surface area (Å²) in [7, 11) is 2.02. The molecule has 166 valence electrons. The van der Waals surface area contributed by atoms with Gasteiger partial charge < -0.3 is 25.3 Å². The fraction of sp³-hybridized carbons (Fsp3) is 0.391. The number of anilines is 2. The first kappa shape index (κ1) is 22.6. The Morgan fingerprint density at radius 3 is 1.87 bits per heavy atom. The van der Waals surface area contributed by atoms with Gasteiger partial charge in [0.15, 0.2) is 6.54 Å². The molecule has 2 amide bonds. The molecule has 0 radical (unpaired) electrons. The van der Waals surface area contributed by atoms with Gasteiger partial charge in [-0.05, 0) is 49.2 Å². The van der Waals surface area contributed by atoms with Crippen molar-refractivity contribution in [1.29, 1.82) is 0 Å². The molecule has 2 aromatic carbocycles. The number of aromatic hydroxyl groups is 2. The number of piperazine rings is 1. The highest BCUT2D eigenvalue weighted by Crippen LogP contribution is 2.25. The molecule has 4 N–H and O–H groups in total. The van der Waals surface area contributed by atoms with Gasteiger partial charge in [0.25, 0.3) is 5.91 Å². The molecule has 0 atom stereocenters. The molecule has 31 heavy (non-hydrogen) atoms. The van der Waals surface area contributed by atoms with Crippen molar-refractivity contribution >= 4 is 23.2 Å². The van der Waals surface area contributed by atoms with E-state index in [0.29, 0.717) is 35.5 Å². The number of nitrogens with zero attached hydrogens (tertiary/aromatic N) is 2. The molecule has 1 heterocycles. The zero-order chi connectivity index (χ0) is 22.6. The maximum Gasteiger partial charge on any atom is 0.279 e. The summed E-state index contributed by atoms with van der Waals surface area (Å²) in [4.78, 5) is 26.9. The Bertz CT molecular complexity index is 968. The summed E-state index contributed by atoms with van der Waals surface area (Å²) in [6.45, 7) is 7.12. The SMILES string of the molecule is Cc1ccc(NC(=O)CN2CC[N+](C)(CC(=O)Nc3ccc(C)cc3O)CC2)c(O)c1. The largest absolute Gasteiger partial charge is 0.506 e. The molecular weight excluding hydrogens is 396 g/mol. The number of carbonyl (C=O) groups excluding carboxylic acids is 2. The van der Waals surface area contributed by atoms with E-state index < -0.39 is 0 Å². The first-order chi connectivity index (χ1) is 14.6. The number of carbonyl (C=O) groups is 2. The van der Waals surface area contributed by atoms with E-state index in [4.69, 9.17) is 0 Å². The van der Waals surface area contributed by atoms with Crippen molar-refractivity contribution in [3.05, 3.63) is 47.5 Å². The summed E-state index contributed by atoms with van der Waals surface area (Å²) in [5.74, 6) is -0.209. The maximum atomic E-state index is 12.5. The lowest BCUT2D eigenvalue weighted by molar-refractivity contribution is -0.905. The van der Waals surface area contributed by atoms with Crippen LogP contribution in [0.5, 0.6) is 11.5 Å². The molecule has 3 rings (SSSR count). The predicted octanol–water partition coefficient (Wildman–Crippen LogP) is 2.05. The Morgan fingerprint density at radius 1 is 0.903 bits per heavy atom. The van der Waals surface area contributed by atoms with Crippen molar-refractivity contribution in [2.45, 2.75) is 13.8 Å². The van der Waals surface area contributed by atoms with Crippen LogP contribution in [0.3, 0.4) is 0 Å². The van der Waals surface area contributed by atoms with E-state index in [1.165, 1.54) is 0 Å². The van der Waals surface area contributed by atoms with Gasteiger partial charge in [0.1, 0.15) is 11.5 Å². The standard InChI is InChI=1S/C23H30N4O4/c1-16-4-6-18(20(28)12-16)24-22(30)14-26-8-10-27(3,11-9-26)15-23(31)25-19-7-5-17(2)13-21(19)29/h4-7,12-13H,8-11,14-15H2,1-3H3,(H3-,24,25,28,29,30,31)/p+1. The van der Waals surface area contributed by atoms with Crippen LogP contribution in [-0.2, 0) is 9.59 Å². The van der Waals surface area contributed by atoms with Crippen LogP contribution >= 0.6 is 0 Å². The van der Waals surface area contributed by atoms with Gasteiger partial charge >= 0.3 is 0 Å². The number of phenols is 2. The average molecular weight is 428 g/mol. The highest BCUT2D eigenvalue weighted by atomic mass is 16.3. The molecule has 0 unspecified atom stereocenters. The third-order valence-electron chi connectivity index (χ3n) is 5.66. The van der Waals surface area contributed by atoms with Crippen molar-refractivity contribution in [3.8, 4) is 11.5 Å². The Balaban J connectivity index is 1.47. The highest BCUT2D eigenvalue weighted by Gasteiger charge is 2.32. The van der Waals surface area contributed by atoms with Crippen molar-refractivity contribution in [2.24, 2.45) is 0 Å². The summed E-state index contributed by atoms with van der Waals surface area (Å²) < 4.78 is 0.565. The summed E-state index contributed by atoms with van der Waals surface area (Å²) in [5.41, 5.74) is 2.67. The second kappa shape index (κ2) is 9.36. The lowest BCUT2D eigenvalue weighted by atomic mass is 10.2. The molecule has 0 spiro atoms. The monoisotopic (exact) mass is 427 g/mol. The number of quaternary nitrogens is 1. The number of hydrogen-bond acceptors (Lipinski definition) is 5. The molecule has 1 saturated heterocycles. The maximum absolute atomic E-state index is 12.5. The average Bonchev–Trinajstić information content (AvgIpc) is 2.68. The van der Waals surface area contributed by atoms with Crippen LogP contribution in [0.15, 0.2) is 36.4 Å². The van der Waals surface area contributed by atoms with E-state index in [1.807, 2.05) is 37.9 Å². The summed E-state index contributed by atoms with van der Waals surface area (Å²) in [6.07, 6.45) is 0. The van der Waals surface area contributed by atoms with Crippen LogP contribution in [-0.4, -0.2) is 77.7 Å². The van der Waals surface area contributed by atoms with Crippen LogP contribution < -0.4 is 10.6 Å². The Labute approximate surface area is 182 Å². The number of nitrogens with one attached hydrogen (secondary N) is 2. The minimum Gasteiger partial charge on any atom is -0.506 e. The Kier molecular flexibility index (Phi) is 6.82. The highest BCUT2D eigenvalue weighted by molar-refractivity contribution is 5.94. The van der Waals surface area contributed by atoms with E-state index in [2.05, 4.69) is 10.6 Å². The van der Waals surface area contributed by atoms with Crippen molar-refractivity contribution in [3.63, 3.8) is 0 Å². The predicted molar refractivity (Wildman–Crippen MR) is 120 cm³/mol. The first-order valence-electron chi connectivity index (χ1n) is 10.4. The van der Waals surface area contributed by atoms with Gasteiger partial charge in [-0.2, -0.15) is 0 Å². The molecule has 1 aliphatic heterocycles. The lowest BCUT2D eigenvalue weighted by Crippen LogP contribution is -2.60. The van der Waals surface area contributed by atoms with Crippen LogP contribution in [0.1, 0.15) is 11.1 Å². The number of hydrogen-bond donors (Lipinski definition) is 4. The molecule has 0 aliphatic carbocycles. The lowest BCUT2D eigenvalue weighted by Gasteiger charge is -2.41. The quantitative estimate of drug-likeness (QED) is 0.418. The molecule has 2 aromatic rings. The third-order valence-corrected chi connectivity index (χ3v) is 5.66. The normalized spacial score (nSPS) is 16.0. The number of phenolic OH excluding ortho intramolecular Hbond substituents is 2. The van der Waals surface area contributed by atoms with Gasteiger partial charge in [-0.25, -0.2) is 0 Å². The van der Waals surface area contributed by atoms with Gasteiger partial charge in [-0.1, -0.05) is 12.1 Å². The molecule has 0 aromatic heterocycles. The van der Waals surface area contributed by atoms with Gasteiger partial charge in [0, 0.05) is 13.1 Å². The molecule has 0 saturated carbocycles. The zero-order valence-corrected chi connectivity index (χ0v) is 18.3. The van der Waals surface area contributed by atoms with Gasteiger partial charge in [-0.3, -0.25) is 14.5 Å². The van der Waals surface area contributed by atoms with Crippen LogP contribution in [0.25, 0.3) is 0 Å².